The third-order valence-corrected chi connectivity index (χ3v) is 6.56. The second-order valence-corrected chi connectivity index (χ2v) is 8.47. The van der Waals surface area contributed by atoms with Crippen LogP contribution in [0.3, 0.4) is 0 Å². The first kappa shape index (κ1) is 24.1. The van der Waals surface area contributed by atoms with Gasteiger partial charge >= 0.3 is 11.9 Å². The van der Waals surface area contributed by atoms with E-state index in [-0.39, 0.29) is 17.2 Å². The van der Waals surface area contributed by atoms with Crippen molar-refractivity contribution in [1.29, 1.82) is 0 Å². The van der Waals surface area contributed by atoms with Crippen molar-refractivity contribution in [3.05, 3.63) is 67.5 Å². The number of aromatic carboxylic acids is 2. The highest BCUT2D eigenvalue weighted by molar-refractivity contribution is 5.97. The van der Waals surface area contributed by atoms with Crippen LogP contribution in [0.1, 0.15) is 103 Å². The smallest absolute Gasteiger partial charge is 0.352 e. The zero-order valence-electron chi connectivity index (χ0n) is 19.9. The highest BCUT2D eigenvalue weighted by Crippen LogP contribution is 2.28. The fraction of sp³-hybridized carbons (Fsp3) is 0.400. The maximum absolute atomic E-state index is 12.5. The van der Waals surface area contributed by atoms with Crippen LogP contribution in [0.15, 0.2) is 0 Å². The first-order valence-corrected chi connectivity index (χ1v) is 11.1. The Balaban J connectivity index is 2.07. The first-order valence-electron chi connectivity index (χ1n) is 11.1. The Kier molecular flexibility index (Phi) is 6.67. The standard InChI is InChI=1S/C25H31N3O5/c1-7-15-11(3)22(24(30)31)27-18(15)9-17-13(5)21(14(6)29)20(26-17)10-19-16(8-2)12(4)23(28-19)25(32)33/h26-28H,7-10H2,1-6H3,(H,30,31)(H,32,33). The van der Waals surface area contributed by atoms with Crippen LogP contribution < -0.4 is 0 Å². The van der Waals surface area contributed by atoms with Gasteiger partial charge in [0.15, 0.2) is 5.78 Å². The minimum Gasteiger partial charge on any atom is -0.477 e. The van der Waals surface area contributed by atoms with Gasteiger partial charge in [0, 0.05) is 41.2 Å². The lowest BCUT2D eigenvalue weighted by atomic mass is 9.99. The number of carboxylic acid groups (broad SMARTS) is 2. The van der Waals surface area contributed by atoms with Gasteiger partial charge in [-0.05, 0) is 68.4 Å². The summed E-state index contributed by atoms with van der Waals surface area (Å²) in [6, 6.07) is 0. The summed E-state index contributed by atoms with van der Waals surface area (Å²) in [7, 11) is 0. The topological polar surface area (TPSA) is 139 Å². The van der Waals surface area contributed by atoms with Gasteiger partial charge < -0.3 is 25.2 Å². The molecule has 0 saturated carbocycles. The lowest BCUT2D eigenvalue weighted by Crippen LogP contribution is -2.02. The van der Waals surface area contributed by atoms with Gasteiger partial charge in [0.05, 0.1) is 0 Å². The Morgan fingerprint density at radius 3 is 1.45 bits per heavy atom. The maximum Gasteiger partial charge on any atom is 0.352 e. The van der Waals surface area contributed by atoms with Crippen LogP contribution in [0, 0.1) is 20.8 Å². The number of ketones is 1. The van der Waals surface area contributed by atoms with Gasteiger partial charge in [-0.25, -0.2) is 9.59 Å². The average Bonchev–Trinajstić information content (AvgIpc) is 3.33. The molecule has 0 aromatic carbocycles. The van der Waals surface area contributed by atoms with Gasteiger partial charge in [-0.1, -0.05) is 13.8 Å². The van der Waals surface area contributed by atoms with E-state index in [0.29, 0.717) is 36.8 Å². The molecule has 8 nitrogen and oxygen atoms in total. The van der Waals surface area contributed by atoms with Crippen molar-refractivity contribution in [1.82, 2.24) is 15.0 Å². The summed E-state index contributed by atoms with van der Waals surface area (Å²) in [5.41, 5.74) is 8.28. The van der Waals surface area contributed by atoms with Crippen LogP contribution in [-0.2, 0) is 25.7 Å². The molecule has 0 aliphatic carbocycles. The summed E-state index contributed by atoms with van der Waals surface area (Å²) in [6.45, 7) is 11.0. The minimum atomic E-state index is -1.01. The summed E-state index contributed by atoms with van der Waals surface area (Å²) in [5.74, 6) is -2.08. The lowest BCUT2D eigenvalue weighted by Gasteiger charge is -2.04. The number of rotatable bonds is 9. The normalized spacial score (nSPS) is 11.2. The summed E-state index contributed by atoms with van der Waals surface area (Å²) >= 11 is 0. The predicted octanol–water partition coefficient (Wildman–Crippen LogP) is 4.50. The monoisotopic (exact) mass is 453 g/mol. The summed E-state index contributed by atoms with van der Waals surface area (Å²) < 4.78 is 0. The van der Waals surface area contributed by atoms with E-state index in [2.05, 4.69) is 15.0 Å². The maximum atomic E-state index is 12.5. The number of H-pyrrole nitrogens is 3. The zero-order chi connectivity index (χ0) is 24.6. The van der Waals surface area contributed by atoms with E-state index in [1.165, 1.54) is 6.92 Å². The molecule has 0 saturated heterocycles. The third-order valence-electron chi connectivity index (χ3n) is 6.56. The van der Waals surface area contributed by atoms with Crippen LogP contribution in [0.4, 0.5) is 0 Å². The highest BCUT2D eigenvalue weighted by atomic mass is 16.4. The number of carbonyl (C=O) groups is 3. The van der Waals surface area contributed by atoms with Gasteiger partial charge in [-0.2, -0.15) is 0 Å². The zero-order valence-corrected chi connectivity index (χ0v) is 19.9. The number of aromatic nitrogens is 3. The molecule has 0 aliphatic heterocycles. The molecular weight excluding hydrogens is 422 g/mol. The van der Waals surface area contributed by atoms with Crippen molar-refractivity contribution < 1.29 is 24.6 Å². The molecule has 0 atom stereocenters. The predicted molar refractivity (Wildman–Crippen MR) is 125 cm³/mol. The van der Waals surface area contributed by atoms with Crippen LogP contribution in [0.25, 0.3) is 0 Å². The van der Waals surface area contributed by atoms with E-state index in [4.69, 9.17) is 0 Å². The van der Waals surface area contributed by atoms with Crippen molar-refractivity contribution >= 4 is 17.7 Å². The van der Waals surface area contributed by atoms with E-state index in [0.717, 1.165) is 45.0 Å². The molecule has 5 N–H and O–H groups in total. The molecular formula is C25H31N3O5. The van der Waals surface area contributed by atoms with Crippen LogP contribution >= 0.6 is 0 Å². The molecule has 0 spiro atoms. The number of nitrogens with one attached hydrogen (secondary N) is 3. The molecule has 0 radical (unpaired) electrons. The molecule has 0 amide bonds. The van der Waals surface area contributed by atoms with Gasteiger partial charge in [0.25, 0.3) is 0 Å². The van der Waals surface area contributed by atoms with E-state index in [9.17, 15) is 24.6 Å². The second-order valence-electron chi connectivity index (χ2n) is 8.47. The van der Waals surface area contributed by atoms with Crippen molar-refractivity contribution in [2.45, 2.75) is 67.2 Å². The van der Waals surface area contributed by atoms with Crippen LogP contribution in [0.2, 0.25) is 0 Å². The Morgan fingerprint density at radius 2 is 1.09 bits per heavy atom. The fourth-order valence-electron chi connectivity index (χ4n) is 4.94. The number of carboxylic acids is 2. The molecule has 3 heterocycles. The van der Waals surface area contributed by atoms with Gasteiger partial charge in [0.1, 0.15) is 11.4 Å². The molecule has 3 aromatic heterocycles. The number of hydrogen-bond acceptors (Lipinski definition) is 3. The van der Waals surface area contributed by atoms with Gasteiger partial charge in [-0.15, -0.1) is 0 Å². The Bertz CT molecular complexity index is 1260. The number of hydrogen-bond donors (Lipinski definition) is 5. The lowest BCUT2D eigenvalue weighted by molar-refractivity contribution is 0.0679. The van der Waals surface area contributed by atoms with Crippen LogP contribution in [-0.4, -0.2) is 42.9 Å². The molecule has 33 heavy (non-hydrogen) atoms. The summed E-state index contributed by atoms with van der Waals surface area (Å²) in [5, 5.41) is 19.0. The summed E-state index contributed by atoms with van der Waals surface area (Å²) in [6.07, 6.45) is 2.18. The number of Topliss-reactive ketones (excluding diaryl/α,β-unsaturated/α-hetero) is 1. The van der Waals surface area contributed by atoms with E-state index in [1.54, 1.807) is 13.8 Å². The molecule has 3 rings (SSSR count). The minimum absolute atomic E-state index is 0.0746. The molecule has 0 aliphatic rings. The van der Waals surface area contributed by atoms with Gasteiger partial charge in [0.2, 0.25) is 0 Å². The summed E-state index contributed by atoms with van der Waals surface area (Å²) in [4.78, 5) is 45.2. The quantitative estimate of drug-likeness (QED) is 0.304. The van der Waals surface area contributed by atoms with Crippen LogP contribution in [0.5, 0.6) is 0 Å². The molecule has 0 unspecified atom stereocenters. The van der Waals surface area contributed by atoms with Crippen molar-refractivity contribution in [2.75, 3.05) is 0 Å². The van der Waals surface area contributed by atoms with E-state index in [1.807, 2.05) is 20.8 Å². The molecule has 3 aromatic rings. The second kappa shape index (κ2) is 9.13. The largest absolute Gasteiger partial charge is 0.477 e. The number of carbonyl (C=O) groups excluding carboxylic acids is 1. The molecule has 176 valence electrons. The highest BCUT2D eigenvalue weighted by Gasteiger charge is 2.24. The first-order chi connectivity index (χ1) is 15.5. The fourth-order valence-corrected chi connectivity index (χ4v) is 4.94. The van der Waals surface area contributed by atoms with E-state index >= 15 is 0 Å². The molecule has 8 heteroatoms. The average molecular weight is 454 g/mol. The Hall–Kier alpha value is -3.55. The number of aromatic amines is 3. The SMILES string of the molecule is CCc1c(Cc2[nH]c(Cc3[nH]c(C(=O)O)c(C)c3CC)c(C(C)=O)c2C)[nH]c(C(=O)O)c1C. The Morgan fingerprint density at radius 1 is 0.667 bits per heavy atom. The molecule has 0 fully saturated rings. The van der Waals surface area contributed by atoms with Crippen molar-refractivity contribution in [3.63, 3.8) is 0 Å². The third kappa shape index (κ3) is 4.25. The van der Waals surface area contributed by atoms with Crippen molar-refractivity contribution in [3.8, 4) is 0 Å². The molecule has 0 bridgehead atoms. The van der Waals surface area contributed by atoms with E-state index < -0.39 is 11.9 Å². The Labute approximate surface area is 192 Å². The van der Waals surface area contributed by atoms with Gasteiger partial charge in [-0.3, -0.25) is 4.79 Å². The van der Waals surface area contributed by atoms with Crippen molar-refractivity contribution in [2.24, 2.45) is 0 Å².